The van der Waals surface area contributed by atoms with E-state index in [4.69, 9.17) is 4.74 Å². The molecule has 1 aliphatic rings. The first-order valence-corrected chi connectivity index (χ1v) is 12.3. The summed E-state index contributed by atoms with van der Waals surface area (Å²) in [7, 11) is 0. The Morgan fingerprint density at radius 1 is 0.892 bits per heavy atom. The fraction of sp³-hybridized carbons (Fsp3) is 0.333. The second-order valence-electron chi connectivity index (χ2n) is 9.79. The number of hydrogen-bond acceptors (Lipinski definition) is 3. The molecule has 0 aliphatic heterocycles. The molecule has 4 nitrogen and oxygen atoms in total. The number of ether oxygens (including phenoxy) is 1. The van der Waals surface area contributed by atoms with E-state index in [1.54, 1.807) is 13.8 Å². The van der Waals surface area contributed by atoms with E-state index in [-0.39, 0.29) is 31.3 Å². The van der Waals surface area contributed by atoms with Crippen LogP contribution in [0.25, 0.3) is 11.1 Å². The summed E-state index contributed by atoms with van der Waals surface area (Å²) in [5, 5.41) is 9.72. The van der Waals surface area contributed by atoms with Gasteiger partial charge in [-0.05, 0) is 58.7 Å². The van der Waals surface area contributed by atoms with Gasteiger partial charge >= 0.3 is 18.1 Å². The zero-order chi connectivity index (χ0) is 26.7. The van der Waals surface area contributed by atoms with E-state index in [0.717, 1.165) is 34.4 Å². The summed E-state index contributed by atoms with van der Waals surface area (Å²) < 4.78 is 44.2. The van der Waals surface area contributed by atoms with Gasteiger partial charge in [0.1, 0.15) is 6.61 Å². The predicted octanol–water partition coefficient (Wildman–Crippen LogP) is 6.97. The zero-order valence-electron chi connectivity index (χ0n) is 20.7. The number of benzene rings is 3. The van der Waals surface area contributed by atoms with Crippen LogP contribution in [-0.4, -0.2) is 23.7 Å². The summed E-state index contributed by atoms with van der Waals surface area (Å²) in [5.74, 6) is -3.19. The molecule has 0 amide bonds. The van der Waals surface area contributed by atoms with Crippen molar-refractivity contribution in [3.8, 4) is 11.1 Å². The molecule has 1 unspecified atom stereocenters. The third-order valence-electron chi connectivity index (χ3n) is 7.35. The highest BCUT2D eigenvalue weighted by Crippen LogP contribution is 2.44. The third-order valence-corrected chi connectivity index (χ3v) is 7.35. The maximum absolute atomic E-state index is 12.9. The summed E-state index contributed by atoms with van der Waals surface area (Å²) >= 11 is 0. The van der Waals surface area contributed by atoms with Gasteiger partial charge in [0.2, 0.25) is 0 Å². The Morgan fingerprint density at radius 3 is 1.95 bits per heavy atom. The highest BCUT2D eigenvalue weighted by molar-refractivity contribution is 5.79. The first kappa shape index (κ1) is 26.5. The van der Waals surface area contributed by atoms with Crippen molar-refractivity contribution in [2.75, 3.05) is 6.61 Å². The van der Waals surface area contributed by atoms with E-state index < -0.39 is 35.5 Å². The highest BCUT2D eigenvalue weighted by atomic mass is 19.4. The third kappa shape index (κ3) is 5.87. The van der Waals surface area contributed by atoms with Crippen molar-refractivity contribution in [3.63, 3.8) is 0 Å². The van der Waals surface area contributed by atoms with E-state index in [2.05, 4.69) is 12.1 Å². The van der Waals surface area contributed by atoms with E-state index >= 15 is 0 Å². The average Bonchev–Trinajstić information content (AvgIpc) is 3.19. The van der Waals surface area contributed by atoms with Crippen LogP contribution in [0.5, 0.6) is 0 Å². The first-order chi connectivity index (χ1) is 17.6. The Labute approximate surface area is 214 Å². The summed E-state index contributed by atoms with van der Waals surface area (Å²) in [6.07, 6.45) is -4.17. The van der Waals surface area contributed by atoms with Gasteiger partial charge < -0.3 is 9.84 Å². The molecule has 0 radical (unpaired) electrons. The molecular weight excluding hydrogens is 481 g/mol. The number of carboxylic acid groups (broad SMARTS) is 1. The van der Waals surface area contributed by atoms with Gasteiger partial charge in [-0.25, -0.2) is 0 Å². The number of aliphatic carboxylic acids is 1. The zero-order valence-corrected chi connectivity index (χ0v) is 20.7. The minimum Gasteiger partial charge on any atom is -0.481 e. The largest absolute Gasteiger partial charge is 0.481 e. The van der Waals surface area contributed by atoms with Gasteiger partial charge in [-0.2, -0.15) is 13.2 Å². The van der Waals surface area contributed by atoms with Crippen molar-refractivity contribution in [2.24, 2.45) is 17.8 Å². The minimum atomic E-state index is -4.45. The lowest BCUT2D eigenvalue weighted by Crippen LogP contribution is -2.27. The monoisotopic (exact) mass is 510 g/mol. The fourth-order valence-electron chi connectivity index (χ4n) is 5.01. The normalized spacial score (nSPS) is 15.4. The summed E-state index contributed by atoms with van der Waals surface area (Å²) in [6, 6.07) is 20.6. The Kier molecular flexibility index (Phi) is 7.71. The van der Waals surface area contributed by atoms with Gasteiger partial charge in [-0.15, -0.1) is 0 Å². The highest BCUT2D eigenvalue weighted by Gasteiger charge is 2.33. The average molecular weight is 511 g/mol. The maximum atomic E-state index is 12.9. The molecule has 0 aromatic heterocycles. The lowest BCUT2D eigenvalue weighted by molar-refractivity contribution is -0.151. The molecule has 0 heterocycles. The van der Waals surface area contributed by atoms with Crippen LogP contribution in [-0.2, 0) is 26.9 Å². The van der Waals surface area contributed by atoms with Crippen molar-refractivity contribution < 1.29 is 32.6 Å². The molecule has 0 spiro atoms. The van der Waals surface area contributed by atoms with Crippen LogP contribution >= 0.6 is 0 Å². The predicted molar refractivity (Wildman–Crippen MR) is 134 cm³/mol. The van der Waals surface area contributed by atoms with E-state index in [1.165, 1.54) is 12.1 Å². The minimum absolute atomic E-state index is 0.0645. The second kappa shape index (κ2) is 10.8. The Bertz CT molecular complexity index is 1220. The van der Waals surface area contributed by atoms with E-state index in [9.17, 15) is 27.9 Å². The van der Waals surface area contributed by atoms with Crippen LogP contribution in [0.2, 0.25) is 0 Å². The van der Waals surface area contributed by atoms with Gasteiger partial charge in [0, 0.05) is 5.92 Å². The fourth-order valence-corrected chi connectivity index (χ4v) is 5.01. The van der Waals surface area contributed by atoms with E-state index in [1.807, 2.05) is 36.4 Å². The maximum Gasteiger partial charge on any atom is 0.416 e. The van der Waals surface area contributed by atoms with Gasteiger partial charge in [0.15, 0.2) is 0 Å². The van der Waals surface area contributed by atoms with Crippen LogP contribution in [0, 0.1) is 17.8 Å². The Morgan fingerprint density at radius 2 is 1.43 bits per heavy atom. The molecule has 1 N–H and O–H groups in total. The molecule has 0 saturated heterocycles. The number of hydrogen-bond donors (Lipinski definition) is 1. The molecule has 0 fully saturated rings. The molecule has 7 heteroatoms. The van der Waals surface area contributed by atoms with Gasteiger partial charge in [-0.3, -0.25) is 9.59 Å². The van der Waals surface area contributed by atoms with Crippen LogP contribution in [0.15, 0.2) is 72.8 Å². The molecule has 4 rings (SSSR count). The summed E-state index contributed by atoms with van der Waals surface area (Å²) in [5.41, 5.74) is 4.21. The van der Waals surface area contributed by atoms with Crippen LogP contribution in [0.1, 0.15) is 48.4 Å². The molecule has 37 heavy (non-hydrogen) atoms. The second-order valence-corrected chi connectivity index (χ2v) is 9.79. The lowest BCUT2D eigenvalue weighted by atomic mass is 9.84. The van der Waals surface area contributed by atoms with Gasteiger partial charge in [-0.1, -0.05) is 74.5 Å². The summed E-state index contributed by atoms with van der Waals surface area (Å²) in [6.45, 7) is 3.72. The van der Waals surface area contributed by atoms with Crippen molar-refractivity contribution in [2.45, 2.75) is 38.8 Å². The van der Waals surface area contributed by atoms with Crippen LogP contribution in [0.4, 0.5) is 13.2 Å². The molecule has 3 aromatic rings. The van der Waals surface area contributed by atoms with Crippen molar-refractivity contribution in [1.29, 1.82) is 0 Å². The number of rotatable bonds is 9. The van der Waals surface area contributed by atoms with E-state index in [0.29, 0.717) is 5.56 Å². The molecule has 3 aromatic carbocycles. The number of esters is 1. The number of fused-ring (bicyclic) bond motifs is 3. The summed E-state index contributed by atoms with van der Waals surface area (Å²) in [4.78, 5) is 24.8. The molecule has 0 saturated carbocycles. The smallest absolute Gasteiger partial charge is 0.416 e. The first-order valence-electron chi connectivity index (χ1n) is 12.3. The number of carboxylic acids is 1. The van der Waals surface area contributed by atoms with Crippen LogP contribution in [0.3, 0.4) is 0 Å². The molecule has 0 bridgehead atoms. The Hall–Kier alpha value is -3.61. The molecule has 194 valence electrons. The number of carbonyl (C=O) groups excluding carboxylic acids is 1. The van der Waals surface area contributed by atoms with Gasteiger partial charge in [0.05, 0.1) is 17.4 Å². The standard InChI is InChI=1S/C30H29F3O4/c1-18(15-21(28(34)35)16-20-11-13-22(14-12-20)30(31,32)33)19(2)29(36)37-17-27-25-9-5-3-7-23(25)24-8-4-6-10-26(24)27/h3-14,18-19,21,27H,15-17H2,1-2H3,(H,34,35)/t18?,19-,21+/m1/s1. The number of alkyl halides is 3. The topological polar surface area (TPSA) is 63.6 Å². The number of halogens is 3. The van der Waals surface area contributed by atoms with Gasteiger partial charge in [0.25, 0.3) is 0 Å². The molecule has 3 atom stereocenters. The SMILES string of the molecule is CC(C[C@@H](Cc1ccc(C(F)(F)F)cc1)C(=O)O)[C@@H](C)C(=O)OCC1c2ccccc2-c2ccccc21. The molecule has 1 aliphatic carbocycles. The Balaban J connectivity index is 1.37. The lowest BCUT2D eigenvalue weighted by Gasteiger charge is -2.23. The van der Waals surface area contributed by atoms with Crippen molar-refractivity contribution in [3.05, 3.63) is 95.1 Å². The van der Waals surface area contributed by atoms with Crippen LogP contribution < -0.4 is 0 Å². The van der Waals surface area contributed by atoms with Crippen molar-refractivity contribution >= 4 is 11.9 Å². The quantitative estimate of drug-likeness (QED) is 0.316. The molecular formula is C30H29F3O4. The number of carbonyl (C=O) groups is 2. The van der Waals surface area contributed by atoms with Crippen molar-refractivity contribution in [1.82, 2.24) is 0 Å².